The predicted octanol–water partition coefficient (Wildman–Crippen LogP) is 2.01. The molecule has 0 aromatic carbocycles. The second kappa shape index (κ2) is 7.74. The number of carbonyl (C=O) groups excluding carboxylic acids is 1. The molecule has 0 radical (unpaired) electrons. The number of urea groups is 1. The number of amides is 2. The van der Waals surface area contributed by atoms with Gasteiger partial charge in [-0.15, -0.1) is 0 Å². The van der Waals surface area contributed by atoms with Crippen LogP contribution in [-0.2, 0) is 11.3 Å². The number of aromatic nitrogens is 2. The average molecular weight is 347 g/mol. The van der Waals surface area contributed by atoms with Crippen molar-refractivity contribution >= 4 is 11.7 Å². The van der Waals surface area contributed by atoms with Gasteiger partial charge in [-0.3, -0.25) is 9.58 Å². The Bertz CT molecular complexity index is 584. The highest BCUT2D eigenvalue weighted by atomic mass is 16.5. The lowest BCUT2D eigenvalue weighted by Crippen LogP contribution is -2.48. The zero-order chi connectivity index (χ0) is 17.1. The van der Waals surface area contributed by atoms with E-state index in [1.807, 2.05) is 10.9 Å². The van der Waals surface area contributed by atoms with Gasteiger partial charge in [-0.05, 0) is 31.6 Å². The summed E-state index contributed by atoms with van der Waals surface area (Å²) in [5.74, 6) is 0.718. The van der Waals surface area contributed by atoms with E-state index in [0.29, 0.717) is 6.04 Å². The van der Waals surface area contributed by atoms with Crippen molar-refractivity contribution in [3.8, 4) is 0 Å². The molecule has 7 nitrogen and oxygen atoms in total. The maximum atomic E-state index is 12.7. The third kappa shape index (κ3) is 3.98. The van der Waals surface area contributed by atoms with Crippen LogP contribution in [0.4, 0.5) is 10.5 Å². The van der Waals surface area contributed by atoms with E-state index in [4.69, 9.17) is 4.74 Å². The van der Waals surface area contributed by atoms with Crippen LogP contribution in [0.3, 0.4) is 0 Å². The number of carbonyl (C=O) groups is 1. The molecule has 1 aromatic heterocycles. The molecule has 0 bridgehead atoms. The third-order valence-corrected chi connectivity index (χ3v) is 5.89. The molecule has 0 unspecified atom stereocenters. The van der Waals surface area contributed by atoms with Gasteiger partial charge in [0.05, 0.1) is 31.6 Å². The fourth-order valence-corrected chi connectivity index (χ4v) is 4.52. The number of morpholine rings is 1. The Hall–Kier alpha value is -1.60. The summed E-state index contributed by atoms with van der Waals surface area (Å²) < 4.78 is 7.29. The maximum Gasteiger partial charge on any atom is 0.322 e. The summed E-state index contributed by atoms with van der Waals surface area (Å²) in [5, 5.41) is 7.44. The number of nitrogens with one attached hydrogen (secondary N) is 1. The predicted molar refractivity (Wildman–Crippen MR) is 95.6 cm³/mol. The van der Waals surface area contributed by atoms with E-state index >= 15 is 0 Å². The minimum absolute atomic E-state index is 0.0457. The Morgan fingerprint density at radius 1 is 1.16 bits per heavy atom. The van der Waals surface area contributed by atoms with Crippen LogP contribution in [0.15, 0.2) is 12.4 Å². The number of likely N-dealkylation sites (tertiary alicyclic amines) is 1. The number of nitrogens with zero attached hydrogens (tertiary/aromatic N) is 4. The zero-order valence-electron chi connectivity index (χ0n) is 14.9. The second-order valence-electron chi connectivity index (χ2n) is 7.47. The van der Waals surface area contributed by atoms with Crippen molar-refractivity contribution in [1.82, 2.24) is 19.6 Å². The van der Waals surface area contributed by atoms with Crippen LogP contribution < -0.4 is 5.32 Å². The quantitative estimate of drug-likeness (QED) is 0.905. The molecule has 4 rings (SSSR count). The number of ether oxygens (including phenoxy) is 1. The van der Waals surface area contributed by atoms with Gasteiger partial charge in [0.1, 0.15) is 0 Å². The molecule has 1 N–H and O–H groups in total. The highest BCUT2D eigenvalue weighted by Gasteiger charge is 2.37. The smallest absolute Gasteiger partial charge is 0.322 e. The van der Waals surface area contributed by atoms with Crippen LogP contribution in [-0.4, -0.2) is 71.0 Å². The minimum Gasteiger partial charge on any atom is -0.379 e. The number of rotatable bonds is 4. The number of fused-ring (bicyclic) bond motifs is 1. The highest BCUT2D eigenvalue weighted by Crippen LogP contribution is 2.36. The second-order valence-corrected chi connectivity index (χ2v) is 7.47. The molecular formula is C18H29N5O2. The molecular weight excluding hydrogens is 318 g/mol. The van der Waals surface area contributed by atoms with Crippen molar-refractivity contribution in [2.75, 3.05) is 44.7 Å². The number of piperidine rings is 1. The topological polar surface area (TPSA) is 62.6 Å². The van der Waals surface area contributed by atoms with Gasteiger partial charge in [-0.2, -0.15) is 5.10 Å². The van der Waals surface area contributed by atoms with Crippen LogP contribution >= 0.6 is 0 Å². The fraction of sp³-hybridized carbons (Fsp3) is 0.778. The van der Waals surface area contributed by atoms with Crippen molar-refractivity contribution in [3.63, 3.8) is 0 Å². The first-order chi connectivity index (χ1) is 12.3. The largest absolute Gasteiger partial charge is 0.379 e. The first-order valence-electron chi connectivity index (χ1n) is 9.70. The number of hydrogen-bond donors (Lipinski definition) is 1. The Morgan fingerprint density at radius 3 is 2.88 bits per heavy atom. The normalized spacial score (nSPS) is 27.3. The third-order valence-electron chi connectivity index (χ3n) is 5.89. The monoisotopic (exact) mass is 347 g/mol. The van der Waals surface area contributed by atoms with E-state index in [9.17, 15) is 4.79 Å². The average Bonchev–Trinajstić information content (AvgIpc) is 3.29. The first-order valence-corrected chi connectivity index (χ1v) is 9.70. The van der Waals surface area contributed by atoms with Crippen LogP contribution in [0, 0.1) is 5.92 Å². The van der Waals surface area contributed by atoms with E-state index in [1.54, 1.807) is 6.20 Å². The van der Waals surface area contributed by atoms with Crippen LogP contribution in [0.1, 0.15) is 32.1 Å². The van der Waals surface area contributed by atoms with E-state index in [-0.39, 0.29) is 6.03 Å². The minimum atomic E-state index is 0.0457. The van der Waals surface area contributed by atoms with Gasteiger partial charge in [-0.25, -0.2) is 4.79 Å². The van der Waals surface area contributed by atoms with E-state index in [1.165, 1.54) is 19.3 Å². The van der Waals surface area contributed by atoms with Crippen molar-refractivity contribution in [2.24, 2.45) is 5.92 Å². The molecule has 3 aliphatic rings. The molecule has 138 valence electrons. The standard InChI is InChI=1S/C18H29N5O2/c24-18(23-6-2-4-15-3-1-5-17(15)23)20-16-13-19-22(14-16)8-7-21-9-11-25-12-10-21/h13-15,17H,1-12H2,(H,20,24)/t15-,17-/m1/s1. The molecule has 3 fully saturated rings. The van der Waals surface area contributed by atoms with Gasteiger partial charge in [-0.1, -0.05) is 6.42 Å². The molecule has 2 amide bonds. The van der Waals surface area contributed by atoms with Crippen LogP contribution in [0.25, 0.3) is 0 Å². The zero-order valence-corrected chi connectivity index (χ0v) is 14.9. The lowest BCUT2D eigenvalue weighted by molar-refractivity contribution is 0.0360. The Labute approximate surface area is 149 Å². The Kier molecular flexibility index (Phi) is 5.22. The summed E-state index contributed by atoms with van der Waals surface area (Å²) in [4.78, 5) is 17.1. The molecule has 7 heteroatoms. The van der Waals surface area contributed by atoms with Gasteiger partial charge in [0, 0.05) is 38.4 Å². The maximum absolute atomic E-state index is 12.7. The fourth-order valence-electron chi connectivity index (χ4n) is 4.52. The van der Waals surface area contributed by atoms with Gasteiger partial charge < -0.3 is 15.0 Å². The lowest BCUT2D eigenvalue weighted by Gasteiger charge is -2.37. The molecule has 2 saturated heterocycles. The van der Waals surface area contributed by atoms with Crippen LogP contribution in [0.2, 0.25) is 0 Å². The summed E-state index contributed by atoms with van der Waals surface area (Å²) in [5.41, 5.74) is 0.798. The highest BCUT2D eigenvalue weighted by molar-refractivity contribution is 5.89. The van der Waals surface area contributed by atoms with Gasteiger partial charge in [0.25, 0.3) is 0 Å². The number of anilines is 1. The van der Waals surface area contributed by atoms with E-state index in [0.717, 1.165) is 70.4 Å². The van der Waals surface area contributed by atoms with E-state index in [2.05, 4.69) is 20.2 Å². The van der Waals surface area contributed by atoms with Crippen LogP contribution in [0.5, 0.6) is 0 Å². The summed E-state index contributed by atoms with van der Waals surface area (Å²) in [7, 11) is 0. The van der Waals surface area contributed by atoms with Crippen molar-refractivity contribution < 1.29 is 9.53 Å². The van der Waals surface area contributed by atoms with Crippen molar-refractivity contribution in [1.29, 1.82) is 0 Å². The number of hydrogen-bond acceptors (Lipinski definition) is 4. The van der Waals surface area contributed by atoms with E-state index < -0.39 is 0 Å². The molecule has 0 spiro atoms. The Balaban J connectivity index is 1.29. The molecule has 1 saturated carbocycles. The molecule has 3 heterocycles. The summed E-state index contributed by atoms with van der Waals surface area (Å²) >= 11 is 0. The SMILES string of the molecule is O=C(Nc1cnn(CCN2CCOCC2)c1)N1CCC[C@H]2CCC[C@H]21. The first kappa shape index (κ1) is 16.8. The lowest BCUT2D eigenvalue weighted by atomic mass is 9.92. The molecule has 2 aliphatic heterocycles. The van der Waals surface area contributed by atoms with Gasteiger partial charge >= 0.3 is 6.03 Å². The van der Waals surface area contributed by atoms with Gasteiger partial charge in [0.15, 0.2) is 0 Å². The summed E-state index contributed by atoms with van der Waals surface area (Å²) in [6.07, 6.45) is 9.83. The molecule has 1 aliphatic carbocycles. The molecule has 1 aromatic rings. The molecule has 2 atom stereocenters. The summed E-state index contributed by atoms with van der Waals surface area (Å²) in [6, 6.07) is 0.495. The van der Waals surface area contributed by atoms with Crippen molar-refractivity contribution in [3.05, 3.63) is 12.4 Å². The Morgan fingerprint density at radius 2 is 2.00 bits per heavy atom. The van der Waals surface area contributed by atoms with Crippen molar-refractivity contribution in [2.45, 2.75) is 44.7 Å². The summed E-state index contributed by atoms with van der Waals surface area (Å²) in [6.45, 7) is 6.30. The van der Waals surface area contributed by atoms with Gasteiger partial charge in [0.2, 0.25) is 0 Å². The molecule has 25 heavy (non-hydrogen) atoms.